The largest absolute Gasteiger partial charge is 0.339 e. The third kappa shape index (κ3) is 3.53. The van der Waals surface area contributed by atoms with Crippen LogP contribution >= 0.6 is 11.6 Å². The number of benzene rings is 1. The molecule has 20 heavy (non-hydrogen) atoms. The molecule has 1 aliphatic rings. The first-order chi connectivity index (χ1) is 9.49. The Bertz CT molecular complexity index is 475. The van der Waals surface area contributed by atoms with Gasteiger partial charge in [-0.1, -0.05) is 37.6 Å². The zero-order chi connectivity index (χ0) is 14.7. The first kappa shape index (κ1) is 15.3. The van der Waals surface area contributed by atoms with Crippen molar-refractivity contribution in [3.63, 3.8) is 0 Å². The van der Waals surface area contributed by atoms with Crippen LogP contribution in [0, 0.1) is 5.92 Å². The van der Waals surface area contributed by atoms with Crippen LogP contribution < -0.4 is 5.32 Å². The third-order valence-electron chi connectivity index (χ3n) is 3.82. The monoisotopic (exact) mass is 294 g/mol. The Morgan fingerprint density at radius 1 is 1.45 bits per heavy atom. The number of carbonyl (C=O) groups excluding carboxylic acids is 1. The number of rotatable bonds is 3. The summed E-state index contributed by atoms with van der Waals surface area (Å²) in [6.45, 7) is 8.73. The van der Waals surface area contributed by atoms with Gasteiger partial charge in [-0.2, -0.15) is 0 Å². The SMILES string of the molecule is CC1CN(C(=O)C(c2cccc(Cl)c2)C(C)C)CCN1. The summed E-state index contributed by atoms with van der Waals surface area (Å²) in [6, 6.07) is 8.04. The van der Waals surface area contributed by atoms with E-state index in [2.05, 4.69) is 26.1 Å². The Kier molecular flexibility index (Phi) is 5.06. The molecule has 0 spiro atoms. The lowest BCUT2D eigenvalue weighted by atomic mass is 9.87. The van der Waals surface area contributed by atoms with Gasteiger partial charge in [0, 0.05) is 30.7 Å². The summed E-state index contributed by atoms with van der Waals surface area (Å²) in [5, 5.41) is 4.06. The minimum atomic E-state index is -0.112. The zero-order valence-electron chi connectivity index (χ0n) is 12.4. The molecular formula is C16H23ClN2O. The third-order valence-corrected chi connectivity index (χ3v) is 4.06. The Morgan fingerprint density at radius 2 is 2.20 bits per heavy atom. The lowest BCUT2D eigenvalue weighted by molar-refractivity contribution is -0.135. The smallest absolute Gasteiger partial charge is 0.230 e. The van der Waals surface area contributed by atoms with Crippen molar-refractivity contribution in [1.29, 1.82) is 0 Å². The van der Waals surface area contributed by atoms with E-state index in [-0.39, 0.29) is 17.7 Å². The highest BCUT2D eigenvalue weighted by atomic mass is 35.5. The van der Waals surface area contributed by atoms with E-state index in [4.69, 9.17) is 11.6 Å². The van der Waals surface area contributed by atoms with E-state index in [1.807, 2.05) is 29.2 Å². The van der Waals surface area contributed by atoms with E-state index < -0.39 is 0 Å². The second kappa shape index (κ2) is 6.59. The lowest BCUT2D eigenvalue weighted by Gasteiger charge is -2.35. The fourth-order valence-electron chi connectivity index (χ4n) is 2.84. The van der Waals surface area contributed by atoms with Crippen LogP contribution in [0.4, 0.5) is 0 Å². The van der Waals surface area contributed by atoms with Gasteiger partial charge in [-0.25, -0.2) is 0 Å². The molecule has 1 amide bonds. The Hall–Kier alpha value is -1.06. The van der Waals surface area contributed by atoms with Crippen molar-refractivity contribution in [3.05, 3.63) is 34.9 Å². The van der Waals surface area contributed by atoms with Gasteiger partial charge in [0.25, 0.3) is 0 Å². The molecular weight excluding hydrogens is 272 g/mol. The number of hydrogen-bond acceptors (Lipinski definition) is 2. The van der Waals surface area contributed by atoms with Crippen LogP contribution in [0.15, 0.2) is 24.3 Å². The Morgan fingerprint density at radius 3 is 2.80 bits per heavy atom. The molecule has 4 heteroatoms. The van der Waals surface area contributed by atoms with Crippen LogP contribution in [-0.2, 0) is 4.79 Å². The van der Waals surface area contributed by atoms with Gasteiger partial charge >= 0.3 is 0 Å². The van der Waals surface area contributed by atoms with Gasteiger partial charge in [-0.15, -0.1) is 0 Å². The average molecular weight is 295 g/mol. The summed E-state index contributed by atoms with van der Waals surface area (Å²) in [5.41, 5.74) is 1.02. The van der Waals surface area contributed by atoms with Crippen molar-refractivity contribution < 1.29 is 4.79 Å². The normalized spacial score (nSPS) is 21.1. The van der Waals surface area contributed by atoms with Crippen LogP contribution in [0.3, 0.4) is 0 Å². The predicted molar refractivity (Wildman–Crippen MR) is 83.1 cm³/mol. The molecule has 2 rings (SSSR count). The molecule has 3 nitrogen and oxygen atoms in total. The molecule has 1 saturated heterocycles. The van der Waals surface area contributed by atoms with Crippen LogP contribution in [0.5, 0.6) is 0 Å². The fourth-order valence-corrected chi connectivity index (χ4v) is 3.04. The van der Waals surface area contributed by atoms with Gasteiger partial charge in [0.05, 0.1) is 5.92 Å². The molecule has 1 heterocycles. The molecule has 0 aliphatic carbocycles. The summed E-state index contributed by atoms with van der Waals surface area (Å²) in [4.78, 5) is 14.8. The van der Waals surface area contributed by atoms with Gasteiger partial charge in [0.2, 0.25) is 5.91 Å². The van der Waals surface area contributed by atoms with E-state index >= 15 is 0 Å². The maximum absolute atomic E-state index is 12.9. The van der Waals surface area contributed by atoms with Crippen molar-refractivity contribution in [1.82, 2.24) is 10.2 Å². The van der Waals surface area contributed by atoms with E-state index in [9.17, 15) is 4.79 Å². The number of hydrogen-bond donors (Lipinski definition) is 1. The van der Waals surface area contributed by atoms with Crippen molar-refractivity contribution in [2.75, 3.05) is 19.6 Å². The van der Waals surface area contributed by atoms with Crippen molar-refractivity contribution in [2.24, 2.45) is 5.92 Å². The highest BCUT2D eigenvalue weighted by molar-refractivity contribution is 6.30. The van der Waals surface area contributed by atoms with Gasteiger partial charge in [0.1, 0.15) is 0 Å². The van der Waals surface area contributed by atoms with Gasteiger partial charge in [-0.3, -0.25) is 4.79 Å². The molecule has 1 aromatic carbocycles. The second-order valence-electron chi connectivity index (χ2n) is 5.92. The predicted octanol–water partition coefficient (Wildman–Crippen LogP) is 2.90. The van der Waals surface area contributed by atoms with E-state index in [0.29, 0.717) is 11.1 Å². The first-order valence-corrected chi connectivity index (χ1v) is 7.64. The highest BCUT2D eigenvalue weighted by Crippen LogP contribution is 2.29. The topological polar surface area (TPSA) is 32.3 Å². The fraction of sp³-hybridized carbons (Fsp3) is 0.562. The number of nitrogens with one attached hydrogen (secondary N) is 1. The van der Waals surface area contributed by atoms with Gasteiger partial charge < -0.3 is 10.2 Å². The van der Waals surface area contributed by atoms with E-state index in [1.54, 1.807) is 0 Å². The molecule has 2 unspecified atom stereocenters. The molecule has 1 aromatic rings. The molecule has 0 bridgehead atoms. The quantitative estimate of drug-likeness (QED) is 0.930. The second-order valence-corrected chi connectivity index (χ2v) is 6.35. The van der Waals surface area contributed by atoms with Crippen molar-refractivity contribution in [2.45, 2.75) is 32.7 Å². The Labute approximate surface area is 126 Å². The van der Waals surface area contributed by atoms with Crippen LogP contribution in [-0.4, -0.2) is 36.5 Å². The zero-order valence-corrected chi connectivity index (χ0v) is 13.2. The summed E-state index contributed by atoms with van der Waals surface area (Å²) in [6.07, 6.45) is 0. The number of amides is 1. The van der Waals surface area contributed by atoms with Crippen molar-refractivity contribution in [3.8, 4) is 0 Å². The maximum atomic E-state index is 12.9. The van der Waals surface area contributed by atoms with E-state index in [1.165, 1.54) is 0 Å². The summed E-state index contributed by atoms with van der Waals surface area (Å²) in [5.74, 6) is 0.362. The van der Waals surface area contributed by atoms with Gasteiger partial charge in [-0.05, 0) is 30.5 Å². The van der Waals surface area contributed by atoms with Crippen molar-refractivity contribution >= 4 is 17.5 Å². The van der Waals surface area contributed by atoms with Crippen LogP contribution in [0.25, 0.3) is 0 Å². The van der Waals surface area contributed by atoms with E-state index in [0.717, 1.165) is 25.2 Å². The standard InChI is InChI=1S/C16H23ClN2O/c1-11(2)15(13-5-4-6-14(17)9-13)16(20)19-8-7-18-12(3)10-19/h4-6,9,11-12,15,18H,7-8,10H2,1-3H3. The molecule has 1 N–H and O–H groups in total. The molecule has 0 radical (unpaired) electrons. The number of nitrogens with zero attached hydrogens (tertiary/aromatic N) is 1. The molecule has 1 fully saturated rings. The summed E-state index contributed by atoms with van der Waals surface area (Å²) >= 11 is 6.07. The first-order valence-electron chi connectivity index (χ1n) is 7.26. The minimum absolute atomic E-state index is 0.112. The summed E-state index contributed by atoms with van der Waals surface area (Å²) in [7, 11) is 0. The lowest BCUT2D eigenvalue weighted by Crippen LogP contribution is -2.52. The van der Waals surface area contributed by atoms with Crippen LogP contribution in [0.1, 0.15) is 32.3 Å². The number of piperazine rings is 1. The van der Waals surface area contributed by atoms with Crippen LogP contribution in [0.2, 0.25) is 5.02 Å². The van der Waals surface area contributed by atoms with Gasteiger partial charge in [0.15, 0.2) is 0 Å². The molecule has 1 aliphatic heterocycles. The average Bonchev–Trinajstić information content (AvgIpc) is 2.38. The number of halogens is 1. The molecule has 0 saturated carbocycles. The molecule has 110 valence electrons. The summed E-state index contributed by atoms with van der Waals surface area (Å²) < 4.78 is 0. The molecule has 2 atom stereocenters. The Balaban J connectivity index is 2.22. The number of carbonyl (C=O) groups is 1. The molecule has 0 aromatic heterocycles. The maximum Gasteiger partial charge on any atom is 0.230 e. The highest BCUT2D eigenvalue weighted by Gasteiger charge is 2.30. The minimum Gasteiger partial charge on any atom is -0.339 e.